The lowest BCUT2D eigenvalue weighted by Crippen LogP contribution is -2.34. The number of rotatable bonds is 2. The number of carbonyl (C=O) groups excluding carboxylic acids is 1. The molecule has 102 valence electrons. The quantitative estimate of drug-likeness (QED) is 0.794. The van der Waals surface area contributed by atoms with E-state index in [2.05, 4.69) is 23.2 Å². The number of thiazole rings is 1. The number of carbonyl (C=O) groups is 1. The molecule has 0 aliphatic carbocycles. The molecule has 0 N–H and O–H groups in total. The summed E-state index contributed by atoms with van der Waals surface area (Å²) in [6.45, 7) is 3.47. The zero-order valence-corrected chi connectivity index (χ0v) is 12.2. The van der Waals surface area contributed by atoms with Crippen molar-refractivity contribution < 1.29 is 4.79 Å². The Hall–Kier alpha value is -1.94. The van der Waals surface area contributed by atoms with Crippen LogP contribution in [0, 0.1) is 6.92 Å². The van der Waals surface area contributed by atoms with Crippen LogP contribution in [0.25, 0.3) is 6.08 Å². The minimum atomic E-state index is 0.0746. The number of aromatic nitrogens is 1. The van der Waals surface area contributed by atoms with Gasteiger partial charge in [-0.2, -0.15) is 0 Å². The van der Waals surface area contributed by atoms with Crippen LogP contribution in [0.15, 0.2) is 36.5 Å². The summed E-state index contributed by atoms with van der Waals surface area (Å²) in [5.74, 6) is 0.0746. The summed E-state index contributed by atoms with van der Waals surface area (Å²) in [6, 6.07) is 8.34. The molecule has 0 radical (unpaired) electrons. The molecule has 2 heterocycles. The predicted octanol–water partition coefficient (Wildman–Crippen LogP) is 3.05. The summed E-state index contributed by atoms with van der Waals surface area (Å²) < 4.78 is 0. The molecule has 0 atom stereocenters. The van der Waals surface area contributed by atoms with Crippen molar-refractivity contribution in [1.29, 1.82) is 0 Å². The van der Waals surface area contributed by atoms with Gasteiger partial charge in [0, 0.05) is 30.2 Å². The maximum absolute atomic E-state index is 12.2. The van der Waals surface area contributed by atoms with Crippen LogP contribution in [-0.2, 0) is 17.8 Å². The van der Waals surface area contributed by atoms with Gasteiger partial charge >= 0.3 is 0 Å². The third-order valence-electron chi connectivity index (χ3n) is 3.47. The molecular formula is C16H16N2OS. The lowest BCUT2D eigenvalue weighted by molar-refractivity contribution is -0.126. The lowest BCUT2D eigenvalue weighted by atomic mass is 10.00. The standard InChI is InChI=1S/C16H16N2OS/c1-12-17-10-15(20-12)6-7-16(19)18-9-8-13-4-2-3-5-14(13)11-18/h2-7,10H,8-9,11H2,1H3/b7-6+. The van der Waals surface area contributed by atoms with Crippen molar-refractivity contribution >= 4 is 23.3 Å². The first kappa shape index (κ1) is 13.1. The van der Waals surface area contributed by atoms with E-state index in [9.17, 15) is 4.79 Å². The molecule has 1 aliphatic rings. The second-order valence-electron chi connectivity index (χ2n) is 4.89. The van der Waals surface area contributed by atoms with E-state index in [1.54, 1.807) is 23.6 Å². The normalized spacial score (nSPS) is 14.6. The van der Waals surface area contributed by atoms with Gasteiger partial charge in [-0.15, -0.1) is 11.3 Å². The molecular weight excluding hydrogens is 268 g/mol. The first-order valence-electron chi connectivity index (χ1n) is 6.68. The lowest BCUT2D eigenvalue weighted by Gasteiger charge is -2.27. The molecule has 3 rings (SSSR count). The van der Waals surface area contributed by atoms with Gasteiger partial charge in [0.05, 0.1) is 5.01 Å². The highest BCUT2D eigenvalue weighted by Crippen LogP contribution is 2.19. The summed E-state index contributed by atoms with van der Waals surface area (Å²) in [7, 11) is 0. The summed E-state index contributed by atoms with van der Waals surface area (Å²) >= 11 is 1.60. The second kappa shape index (κ2) is 5.59. The second-order valence-corrected chi connectivity index (χ2v) is 6.16. The molecule has 3 nitrogen and oxygen atoms in total. The average Bonchev–Trinajstić information content (AvgIpc) is 2.90. The van der Waals surface area contributed by atoms with Gasteiger partial charge in [-0.25, -0.2) is 4.98 Å². The third-order valence-corrected chi connectivity index (χ3v) is 4.35. The first-order valence-corrected chi connectivity index (χ1v) is 7.50. The van der Waals surface area contributed by atoms with E-state index in [1.165, 1.54) is 11.1 Å². The maximum Gasteiger partial charge on any atom is 0.246 e. The molecule has 20 heavy (non-hydrogen) atoms. The van der Waals surface area contributed by atoms with E-state index < -0.39 is 0 Å². The number of benzene rings is 1. The molecule has 1 aromatic heterocycles. The van der Waals surface area contributed by atoms with Crippen molar-refractivity contribution in [1.82, 2.24) is 9.88 Å². The molecule has 0 spiro atoms. The Morgan fingerprint density at radius 1 is 1.35 bits per heavy atom. The molecule has 0 bridgehead atoms. The van der Waals surface area contributed by atoms with Crippen LogP contribution in [0.4, 0.5) is 0 Å². The Morgan fingerprint density at radius 3 is 2.90 bits per heavy atom. The number of fused-ring (bicyclic) bond motifs is 1. The fraction of sp³-hybridized carbons (Fsp3) is 0.250. The van der Waals surface area contributed by atoms with E-state index >= 15 is 0 Å². The zero-order chi connectivity index (χ0) is 13.9. The van der Waals surface area contributed by atoms with Crippen LogP contribution in [-0.4, -0.2) is 22.3 Å². The van der Waals surface area contributed by atoms with Gasteiger partial charge in [-0.05, 0) is 30.5 Å². The highest BCUT2D eigenvalue weighted by atomic mass is 32.1. The Bertz CT molecular complexity index is 660. The highest BCUT2D eigenvalue weighted by Gasteiger charge is 2.18. The van der Waals surface area contributed by atoms with Crippen LogP contribution in [0.5, 0.6) is 0 Å². The fourth-order valence-electron chi connectivity index (χ4n) is 2.40. The van der Waals surface area contributed by atoms with E-state index in [4.69, 9.17) is 0 Å². The molecule has 0 fully saturated rings. The molecule has 0 saturated heterocycles. The Balaban J connectivity index is 1.68. The van der Waals surface area contributed by atoms with Gasteiger partial charge < -0.3 is 4.90 Å². The van der Waals surface area contributed by atoms with Gasteiger partial charge in [0.15, 0.2) is 0 Å². The summed E-state index contributed by atoms with van der Waals surface area (Å²) in [5, 5.41) is 1.02. The third kappa shape index (κ3) is 2.80. The Labute approximate surface area is 122 Å². The van der Waals surface area contributed by atoms with Crippen LogP contribution in [0.2, 0.25) is 0 Å². The van der Waals surface area contributed by atoms with Crippen molar-refractivity contribution in [2.24, 2.45) is 0 Å². The maximum atomic E-state index is 12.2. The summed E-state index contributed by atoms with van der Waals surface area (Å²) in [5.41, 5.74) is 2.62. The number of aryl methyl sites for hydroxylation is 1. The number of amides is 1. The molecule has 0 unspecified atom stereocenters. The number of hydrogen-bond donors (Lipinski definition) is 0. The van der Waals surface area contributed by atoms with Crippen LogP contribution in [0.3, 0.4) is 0 Å². The van der Waals surface area contributed by atoms with Crippen molar-refractivity contribution in [2.75, 3.05) is 6.54 Å². The van der Waals surface area contributed by atoms with Gasteiger partial charge in [0.25, 0.3) is 0 Å². The fourth-order valence-corrected chi connectivity index (χ4v) is 3.09. The van der Waals surface area contributed by atoms with Crippen molar-refractivity contribution in [3.8, 4) is 0 Å². The summed E-state index contributed by atoms with van der Waals surface area (Å²) in [6.07, 6.45) is 6.25. The van der Waals surface area contributed by atoms with Crippen LogP contribution in [0.1, 0.15) is 21.0 Å². The largest absolute Gasteiger partial charge is 0.334 e. The van der Waals surface area contributed by atoms with E-state index in [0.717, 1.165) is 22.9 Å². The minimum Gasteiger partial charge on any atom is -0.334 e. The highest BCUT2D eigenvalue weighted by molar-refractivity contribution is 7.12. The SMILES string of the molecule is Cc1ncc(/C=C/C(=O)N2CCc3ccccc3C2)s1. The number of hydrogen-bond acceptors (Lipinski definition) is 3. The molecule has 1 aromatic carbocycles. The summed E-state index contributed by atoms with van der Waals surface area (Å²) in [4.78, 5) is 19.3. The molecule has 1 amide bonds. The Morgan fingerprint density at radius 2 is 2.15 bits per heavy atom. The zero-order valence-electron chi connectivity index (χ0n) is 11.4. The van der Waals surface area contributed by atoms with E-state index in [-0.39, 0.29) is 5.91 Å². The molecule has 2 aromatic rings. The molecule has 4 heteroatoms. The van der Waals surface area contributed by atoms with Gasteiger partial charge in [0.1, 0.15) is 0 Å². The first-order chi connectivity index (χ1) is 9.72. The predicted molar refractivity (Wildman–Crippen MR) is 81.4 cm³/mol. The van der Waals surface area contributed by atoms with E-state index in [1.807, 2.05) is 24.0 Å². The minimum absolute atomic E-state index is 0.0746. The Kier molecular flexibility index (Phi) is 3.65. The topological polar surface area (TPSA) is 33.2 Å². The molecule has 1 aliphatic heterocycles. The number of nitrogens with zero attached hydrogens (tertiary/aromatic N) is 2. The van der Waals surface area contributed by atoms with Gasteiger partial charge in [-0.1, -0.05) is 24.3 Å². The average molecular weight is 284 g/mol. The monoisotopic (exact) mass is 284 g/mol. The van der Waals surface area contributed by atoms with E-state index in [0.29, 0.717) is 6.54 Å². The smallest absolute Gasteiger partial charge is 0.246 e. The van der Waals surface area contributed by atoms with Crippen molar-refractivity contribution in [3.05, 3.63) is 57.6 Å². The molecule has 0 saturated carbocycles. The van der Waals surface area contributed by atoms with Crippen LogP contribution >= 0.6 is 11.3 Å². The van der Waals surface area contributed by atoms with Crippen molar-refractivity contribution in [3.63, 3.8) is 0 Å². The van der Waals surface area contributed by atoms with Gasteiger partial charge in [-0.3, -0.25) is 4.79 Å². The van der Waals surface area contributed by atoms with Crippen LogP contribution < -0.4 is 0 Å². The van der Waals surface area contributed by atoms with Gasteiger partial charge in [0.2, 0.25) is 5.91 Å². The van der Waals surface area contributed by atoms with Crippen molar-refractivity contribution in [2.45, 2.75) is 19.9 Å².